The smallest absolute Gasteiger partial charge is 0.416 e. The van der Waals surface area contributed by atoms with E-state index in [4.69, 9.17) is 4.74 Å². The van der Waals surface area contributed by atoms with E-state index in [1.54, 1.807) is 24.3 Å². The molecule has 0 aliphatic rings. The van der Waals surface area contributed by atoms with Crippen LogP contribution in [0.4, 0.5) is 24.5 Å². The molecule has 30 heavy (non-hydrogen) atoms. The number of nitrogens with one attached hydrogen (secondary N) is 2. The van der Waals surface area contributed by atoms with Crippen molar-refractivity contribution < 1.29 is 32.4 Å². The maximum atomic E-state index is 12.7. The molecule has 0 aliphatic heterocycles. The maximum Gasteiger partial charge on any atom is 0.416 e. The van der Waals surface area contributed by atoms with Crippen LogP contribution in [0.15, 0.2) is 42.5 Å². The fourth-order valence-corrected chi connectivity index (χ4v) is 2.44. The maximum absolute atomic E-state index is 12.7. The van der Waals surface area contributed by atoms with Gasteiger partial charge < -0.3 is 4.74 Å². The Morgan fingerprint density at radius 1 is 1.10 bits per heavy atom. The van der Waals surface area contributed by atoms with Crippen molar-refractivity contribution in [3.8, 4) is 5.75 Å². The van der Waals surface area contributed by atoms with Gasteiger partial charge in [0.1, 0.15) is 11.4 Å². The lowest BCUT2D eigenvalue weighted by Crippen LogP contribution is -2.30. The van der Waals surface area contributed by atoms with Crippen LogP contribution in [0.5, 0.6) is 5.75 Å². The Morgan fingerprint density at radius 2 is 1.77 bits per heavy atom. The third-order valence-corrected chi connectivity index (χ3v) is 3.92. The predicted octanol–water partition coefficient (Wildman–Crippen LogP) is 4.12. The van der Waals surface area contributed by atoms with E-state index in [1.807, 2.05) is 6.92 Å². The average molecular weight is 425 g/mol. The first kappa shape index (κ1) is 22.7. The van der Waals surface area contributed by atoms with Crippen LogP contribution in [-0.2, 0) is 11.0 Å². The highest BCUT2D eigenvalue weighted by atomic mass is 19.4. The molecule has 2 aromatic rings. The molecule has 8 nitrogen and oxygen atoms in total. The van der Waals surface area contributed by atoms with E-state index in [0.717, 1.165) is 6.07 Å². The van der Waals surface area contributed by atoms with Gasteiger partial charge in [0.05, 0.1) is 17.1 Å². The molecule has 0 unspecified atom stereocenters. The fraction of sp³-hybridized carbons (Fsp3) is 0.263. The van der Waals surface area contributed by atoms with E-state index < -0.39 is 28.3 Å². The molecular formula is C19H18F3N3O5. The lowest BCUT2D eigenvalue weighted by atomic mass is 10.1. The molecule has 0 radical (unpaired) electrons. The van der Waals surface area contributed by atoms with E-state index >= 15 is 0 Å². The van der Waals surface area contributed by atoms with Crippen molar-refractivity contribution in [2.75, 3.05) is 12.0 Å². The van der Waals surface area contributed by atoms with E-state index in [1.165, 1.54) is 0 Å². The monoisotopic (exact) mass is 425 g/mol. The predicted molar refractivity (Wildman–Crippen MR) is 101 cm³/mol. The van der Waals surface area contributed by atoms with E-state index in [0.29, 0.717) is 30.1 Å². The molecule has 0 aliphatic carbocycles. The van der Waals surface area contributed by atoms with Crippen LogP contribution in [0.2, 0.25) is 0 Å². The molecular weight excluding hydrogens is 407 g/mol. The van der Waals surface area contributed by atoms with Crippen molar-refractivity contribution >= 4 is 23.1 Å². The van der Waals surface area contributed by atoms with Gasteiger partial charge in [0.15, 0.2) is 5.78 Å². The molecule has 160 valence electrons. The Labute approximate surface area is 169 Å². The minimum Gasteiger partial charge on any atom is -0.494 e. The summed E-state index contributed by atoms with van der Waals surface area (Å²) in [5.41, 5.74) is 2.39. The number of carbonyl (C=O) groups is 2. The summed E-state index contributed by atoms with van der Waals surface area (Å²) < 4.78 is 43.4. The number of ether oxygens (including phenoxy) is 1. The number of benzene rings is 2. The molecule has 11 heteroatoms. The van der Waals surface area contributed by atoms with Crippen LogP contribution in [0, 0.1) is 10.1 Å². The minimum atomic E-state index is -4.74. The highest BCUT2D eigenvalue weighted by molar-refractivity contribution is 5.98. The molecule has 0 saturated heterocycles. The molecule has 2 N–H and O–H groups in total. The summed E-state index contributed by atoms with van der Waals surface area (Å²) in [7, 11) is 0. The SMILES string of the molecule is CCOc1ccc(C(=O)CCC(=O)NNc2ccc(C(F)(F)F)cc2[N+](=O)[O-])cc1. The minimum absolute atomic E-state index is 0.128. The van der Waals surface area contributed by atoms with Gasteiger partial charge >= 0.3 is 6.18 Å². The number of carbonyl (C=O) groups excluding carboxylic acids is 2. The van der Waals surface area contributed by atoms with Gasteiger partial charge in [-0.15, -0.1) is 0 Å². The van der Waals surface area contributed by atoms with Gasteiger partial charge in [-0.2, -0.15) is 13.2 Å². The van der Waals surface area contributed by atoms with E-state index in [9.17, 15) is 32.9 Å². The number of ketones is 1. The Bertz CT molecular complexity index is 930. The van der Waals surface area contributed by atoms with Gasteiger partial charge in [-0.3, -0.25) is 30.6 Å². The van der Waals surface area contributed by atoms with Crippen molar-refractivity contribution in [3.05, 3.63) is 63.7 Å². The number of nitro groups is 1. The highest BCUT2D eigenvalue weighted by Crippen LogP contribution is 2.34. The van der Waals surface area contributed by atoms with Crippen LogP contribution in [-0.4, -0.2) is 23.2 Å². The standard InChI is InChI=1S/C19H18F3N3O5/c1-2-30-14-6-3-12(4-7-14)17(26)9-10-18(27)24-23-15-8-5-13(19(20,21)22)11-16(15)25(28)29/h3-8,11,23H,2,9-10H2,1H3,(H,24,27). The molecule has 0 bridgehead atoms. The van der Waals surface area contributed by atoms with Gasteiger partial charge in [-0.25, -0.2) is 0 Å². The molecule has 0 atom stereocenters. The van der Waals surface area contributed by atoms with Crippen LogP contribution in [0.1, 0.15) is 35.7 Å². The zero-order chi connectivity index (χ0) is 22.3. The second-order valence-corrected chi connectivity index (χ2v) is 6.04. The molecule has 0 heterocycles. The number of anilines is 1. The summed E-state index contributed by atoms with van der Waals surface area (Å²) in [6.07, 6.45) is -5.10. The summed E-state index contributed by atoms with van der Waals surface area (Å²) in [6, 6.07) is 8.24. The van der Waals surface area contributed by atoms with Gasteiger partial charge in [-0.1, -0.05) is 0 Å². The Balaban J connectivity index is 1.92. The molecule has 2 rings (SSSR count). The topological polar surface area (TPSA) is 111 Å². The third kappa shape index (κ3) is 6.19. The first-order valence-corrected chi connectivity index (χ1v) is 8.78. The lowest BCUT2D eigenvalue weighted by molar-refractivity contribution is -0.384. The van der Waals surface area contributed by atoms with E-state index in [-0.39, 0.29) is 24.3 Å². The Morgan fingerprint density at radius 3 is 2.33 bits per heavy atom. The van der Waals surface area contributed by atoms with Crippen molar-refractivity contribution in [3.63, 3.8) is 0 Å². The molecule has 0 aromatic heterocycles. The summed E-state index contributed by atoms with van der Waals surface area (Å²) in [5.74, 6) is -0.355. The zero-order valence-corrected chi connectivity index (χ0v) is 15.8. The van der Waals surface area contributed by atoms with E-state index in [2.05, 4.69) is 10.9 Å². The van der Waals surface area contributed by atoms with Crippen LogP contribution >= 0.6 is 0 Å². The van der Waals surface area contributed by atoms with Crippen LogP contribution in [0.3, 0.4) is 0 Å². The zero-order valence-electron chi connectivity index (χ0n) is 15.8. The Hall–Kier alpha value is -3.63. The van der Waals surface area contributed by atoms with Gasteiger partial charge in [0.2, 0.25) is 5.91 Å². The van der Waals surface area contributed by atoms with Gasteiger partial charge in [-0.05, 0) is 43.3 Å². The quantitative estimate of drug-likeness (QED) is 0.355. The van der Waals surface area contributed by atoms with Crippen molar-refractivity contribution in [2.24, 2.45) is 0 Å². The molecule has 2 aromatic carbocycles. The van der Waals surface area contributed by atoms with Gasteiger partial charge in [0.25, 0.3) is 5.69 Å². The van der Waals surface area contributed by atoms with Crippen molar-refractivity contribution in [2.45, 2.75) is 25.9 Å². The third-order valence-electron chi connectivity index (χ3n) is 3.92. The summed E-state index contributed by atoms with van der Waals surface area (Å²) >= 11 is 0. The lowest BCUT2D eigenvalue weighted by Gasteiger charge is -2.11. The largest absolute Gasteiger partial charge is 0.494 e. The number of nitro benzene ring substituents is 1. The molecule has 1 amide bonds. The first-order valence-electron chi connectivity index (χ1n) is 8.78. The normalized spacial score (nSPS) is 10.9. The van der Waals surface area contributed by atoms with Gasteiger partial charge in [0, 0.05) is 24.5 Å². The number of Topliss-reactive ketones (excluding diaryl/α,β-unsaturated/α-hetero) is 1. The second kappa shape index (κ2) is 9.72. The van der Waals surface area contributed by atoms with Crippen LogP contribution in [0.25, 0.3) is 0 Å². The number of amides is 1. The number of rotatable bonds is 9. The Kier molecular flexibility index (Phi) is 7.34. The number of halogens is 3. The summed E-state index contributed by atoms with van der Waals surface area (Å²) in [6.45, 7) is 2.31. The average Bonchev–Trinajstić information content (AvgIpc) is 2.70. The highest BCUT2D eigenvalue weighted by Gasteiger charge is 2.33. The van der Waals surface area contributed by atoms with Crippen molar-refractivity contribution in [1.82, 2.24) is 5.43 Å². The number of hydrogen-bond acceptors (Lipinski definition) is 6. The molecule has 0 fully saturated rings. The second-order valence-electron chi connectivity index (χ2n) is 6.04. The summed E-state index contributed by atoms with van der Waals surface area (Å²) in [5, 5.41) is 11.0. The summed E-state index contributed by atoms with van der Waals surface area (Å²) in [4.78, 5) is 34.0. The molecule has 0 spiro atoms. The first-order chi connectivity index (χ1) is 14.1. The van der Waals surface area contributed by atoms with Crippen molar-refractivity contribution in [1.29, 1.82) is 0 Å². The number of hydrogen-bond donors (Lipinski definition) is 2. The number of hydrazine groups is 1. The molecule has 0 saturated carbocycles. The number of alkyl halides is 3. The number of nitrogens with zero attached hydrogens (tertiary/aromatic N) is 1. The fourth-order valence-electron chi connectivity index (χ4n) is 2.44. The van der Waals surface area contributed by atoms with Crippen LogP contribution < -0.4 is 15.6 Å².